The van der Waals surface area contributed by atoms with E-state index >= 15 is 0 Å². The highest BCUT2D eigenvalue weighted by molar-refractivity contribution is 5.86. The van der Waals surface area contributed by atoms with Crippen LogP contribution in [0.1, 0.15) is 31.0 Å². The molecule has 0 unspecified atom stereocenters. The third-order valence-corrected chi connectivity index (χ3v) is 4.62. The lowest BCUT2D eigenvalue weighted by molar-refractivity contribution is -0.385. The molecule has 8 heteroatoms. The normalized spacial score (nSPS) is 20.4. The summed E-state index contributed by atoms with van der Waals surface area (Å²) in [6.07, 6.45) is 1.15. The van der Waals surface area contributed by atoms with Gasteiger partial charge in [-0.15, -0.1) is 0 Å². The number of nitro groups is 1. The number of nitro benzene ring substituents is 1. The van der Waals surface area contributed by atoms with Crippen molar-refractivity contribution < 1.29 is 14.8 Å². The van der Waals surface area contributed by atoms with E-state index in [4.69, 9.17) is 10.00 Å². The molecule has 144 valence electrons. The van der Waals surface area contributed by atoms with Crippen LogP contribution in [0.3, 0.4) is 0 Å². The smallest absolute Gasteiger partial charge is 0.270 e. The fraction of sp³-hybridized carbons (Fsp3) is 0.300. The Bertz CT molecular complexity index is 950. The summed E-state index contributed by atoms with van der Waals surface area (Å²) in [7, 11) is 0. The van der Waals surface area contributed by atoms with Crippen LogP contribution < -0.4 is 10.1 Å². The van der Waals surface area contributed by atoms with E-state index in [9.17, 15) is 15.2 Å². The molecule has 1 heterocycles. The molecule has 2 N–H and O–H groups in total. The number of aliphatic hydroxyl groups is 1. The SMILES string of the molecule is CC1(C)Oc2ccc([N+](=O)[O-])cc2[C@@H](N=C(Cc2ccccc2)NC#N)[C@@H]1O. The van der Waals surface area contributed by atoms with Gasteiger partial charge in [-0.1, -0.05) is 30.3 Å². The molecular weight excluding hydrogens is 360 g/mol. The van der Waals surface area contributed by atoms with E-state index in [1.54, 1.807) is 13.8 Å². The fourth-order valence-electron chi connectivity index (χ4n) is 3.15. The van der Waals surface area contributed by atoms with E-state index in [0.717, 1.165) is 5.56 Å². The minimum Gasteiger partial charge on any atom is -0.485 e. The molecule has 0 saturated heterocycles. The number of rotatable bonds is 4. The van der Waals surface area contributed by atoms with E-state index in [2.05, 4.69) is 10.3 Å². The molecule has 2 atom stereocenters. The van der Waals surface area contributed by atoms with Gasteiger partial charge in [-0.25, -0.2) is 0 Å². The lowest BCUT2D eigenvalue weighted by Crippen LogP contribution is -2.48. The van der Waals surface area contributed by atoms with Crippen LogP contribution in [-0.4, -0.2) is 27.6 Å². The van der Waals surface area contributed by atoms with Crippen LogP contribution in [0.5, 0.6) is 5.75 Å². The van der Waals surface area contributed by atoms with Crippen molar-refractivity contribution in [3.8, 4) is 11.9 Å². The molecule has 0 amide bonds. The van der Waals surface area contributed by atoms with Gasteiger partial charge >= 0.3 is 0 Å². The standard InChI is InChI=1S/C20H20N4O4/c1-20(2)19(25)18(15-11-14(24(26)27)8-9-16(15)28-20)23-17(22-12-21)10-13-6-4-3-5-7-13/h3-9,11,18-19,25H,10H2,1-2H3,(H,22,23)/t18-,19+/m1/s1. The number of non-ortho nitro benzene ring substituents is 1. The van der Waals surface area contributed by atoms with Gasteiger partial charge in [0.2, 0.25) is 0 Å². The lowest BCUT2D eigenvalue weighted by Gasteiger charge is -2.40. The van der Waals surface area contributed by atoms with Gasteiger partial charge < -0.3 is 9.84 Å². The summed E-state index contributed by atoms with van der Waals surface area (Å²) >= 11 is 0. The maximum Gasteiger partial charge on any atom is 0.270 e. The maximum absolute atomic E-state index is 11.2. The molecule has 0 radical (unpaired) electrons. The summed E-state index contributed by atoms with van der Waals surface area (Å²) in [6.45, 7) is 3.44. The zero-order valence-corrected chi connectivity index (χ0v) is 15.5. The second-order valence-corrected chi connectivity index (χ2v) is 7.05. The topological polar surface area (TPSA) is 121 Å². The van der Waals surface area contributed by atoms with Gasteiger partial charge in [-0.2, -0.15) is 5.26 Å². The van der Waals surface area contributed by atoms with Gasteiger partial charge in [0, 0.05) is 24.1 Å². The fourth-order valence-corrected chi connectivity index (χ4v) is 3.15. The van der Waals surface area contributed by atoms with Crippen LogP contribution in [0, 0.1) is 21.6 Å². The monoisotopic (exact) mass is 380 g/mol. The minimum absolute atomic E-state index is 0.118. The van der Waals surface area contributed by atoms with Crippen molar-refractivity contribution in [3.63, 3.8) is 0 Å². The first kappa shape index (κ1) is 19.3. The Labute approximate surface area is 162 Å². The number of aliphatic hydroxyl groups excluding tert-OH is 1. The van der Waals surface area contributed by atoms with Crippen LogP contribution in [0.25, 0.3) is 0 Å². The highest BCUT2D eigenvalue weighted by Crippen LogP contribution is 2.43. The zero-order valence-electron chi connectivity index (χ0n) is 15.5. The Morgan fingerprint density at radius 1 is 1.36 bits per heavy atom. The van der Waals surface area contributed by atoms with E-state index in [-0.39, 0.29) is 5.69 Å². The summed E-state index contributed by atoms with van der Waals surface area (Å²) in [6, 6.07) is 12.8. The van der Waals surface area contributed by atoms with Gasteiger partial charge in [0.15, 0.2) is 6.19 Å². The first-order chi connectivity index (χ1) is 13.3. The lowest BCUT2D eigenvalue weighted by atomic mass is 9.86. The van der Waals surface area contributed by atoms with Crippen molar-refractivity contribution in [1.29, 1.82) is 5.26 Å². The van der Waals surface area contributed by atoms with Crippen molar-refractivity contribution >= 4 is 11.5 Å². The molecule has 1 aliphatic rings. The number of ether oxygens (including phenoxy) is 1. The molecule has 0 fully saturated rings. The second kappa shape index (κ2) is 7.66. The number of fused-ring (bicyclic) bond motifs is 1. The molecule has 2 aromatic carbocycles. The number of amidine groups is 1. The van der Waals surface area contributed by atoms with Crippen molar-refractivity contribution in [2.24, 2.45) is 4.99 Å². The number of nitrogens with zero attached hydrogens (tertiary/aromatic N) is 3. The molecule has 0 spiro atoms. The summed E-state index contributed by atoms with van der Waals surface area (Å²) in [4.78, 5) is 15.2. The molecule has 1 aliphatic heterocycles. The van der Waals surface area contributed by atoms with Gasteiger partial charge in [-0.3, -0.25) is 20.4 Å². The molecular formula is C20H20N4O4. The van der Waals surface area contributed by atoms with E-state index in [0.29, 0.717) is 23.6 Å². The van der Waals surface area contributed by atoms with Crippen LogP contribution in [0.2, 0.25) is 0 Å². The number of aliphatic imine (C=N–C) groups is 1. The van der Waals surface area contributed by atoms with Crippen molar-refractivity contribution in [2.45, 2.75) is 38.0 Å². The number of benzene rings is 2. The highest BCUT2D eigenvalue weighted by atomic mass is 16.6. The van der Waals surface area contributed by atoms with Crippen LogP contribution in [0.4, 0.5) is 5.69 Å². The first-order valence-electron chi connectivity index (χ1n) is 8.73. The largest absolute Gasteiger partial charge is 0.485 e. The Hall–Kier alpha value is -3.44. The van der Waals surface area contributed by atoms with Gasteiger partial charge in [0.25, 0.3) is 5.69 Å². The summed E-state index contributed by atoms with van der Waals surface area (Å²) in [5.74, 6) is 0.776. The van der Waals surface area contributed by atoms with Crippen molar-refractivity contribution in [2.75, 3.05) is 0 Å². The molecule has 3 rings (SSSR count). The average Bonchev–Trinajstić information content (AvgIpc) is 2.65. The third kappa shape index (κ3) is 3.94. The first-order valence-corrected chi connectivity index (χ1v) is 8.73. The van der Waals surface area contributed by atoms with E-state index in [1.807, 2.05) is 36.5 Å². The Kier molecular flexibility index (Phi) is 5.29. The molecule has 28 heavy (non-hydrogen) atoms. The van der Waals surface area contributed by atoms with Crippen LogP contribution in [0.15, 0.2) is 53.5 Å². The molecule has 0 saturated carbocycles. The van der Waals surface area contributed by atoms with Gasteiger partial charge in [-0.05, 0) is 25.5 Å². The average molecular weight is 380 g/mol. The Balaban J connectivity index is 2.06. The van der Waals surface area contributed by atoms with E-state index in [1.165, 1.54) is 18.2 Å². The van der Waals surface area contributed by atoms with Crippen molar-refractivity contribution in [1.82, 2.24) is 5.32 Å². The number of hydrogen-bond acceptors (Lipinski definition) is 6. The predicted octanol–water partition coefficient (Wildman–Crippen LogP) is 2.88. The summed E-state index contributed by atoms with van der Waals surface area (Å²) < 4.78 is 5.83. The summed E-state index contributed by atoms with van der Waals surface area (Å²) in [5.41, 5.74) is 0.268. The second-order valence-electron chi connectivity index (χ2n) is 7.05. The molecule has 0 bridgehead atoms. The highest BCUT2D eigenvalue weighted by Gasteiger charge is 2.43. The van der Waals surface area contributed by atoms with Crippen molar-refractivity contribution in [3.05, 3.63) is 69.8 Å². The van der Waals surface area contributed by atoms with E-state index < -0.39 is 22.7 Å². The molecule has 0 aromatic heterocycles. The predicted molar refractivity (Wildman–Crippen MR) is 103 cm³/mol. The third-order valence-electron chi connectivity index (χ3n) is 4.62. The van der Waals surface area contributed by atoms with Crippen LogP contribution in [-0.2, 0) is 6.42 Å². The minimum atomic E-state index is -1.06. The molecule has 8 nitrogen and oxygen atoms in total. The molecule has 2 aromatic rings. The zero-order chi connectivity index (χ0) is 20.3. The van der Waals surface area contributed by atoms with Crippen LogP contribution >= 0.6 is 0 Å². The number of nitrogens with one attached hydrogen (secondary N) is 1. The number of nitriles is 1. The van der Waals surface area contributed by atoms with Gasteiger partial charge in [0.1, 0.15) is 29.3 Å². The summed E-state index contributed by atoms with van der Waals surface area (Å²) in [5, 5.41) is 33.7. The van der Waals surface area contributed by atoms with Gasteiger partial charge in [0.05, 0.1) is 4.92 Å². The molecule has 0 aliphatic carbocycles. The Morgan fingerprint density at radius 2 is 2.07 bits per heavy atom. The Morgan fingerprint density at radius 3 is 2.71 bits per heavy atom. The number of hydrogen-bond donors (Lipinski definition) is 2. The maximum atomic E-state index is 11.2. The quantitative estimate of drug-likeness (QED) is 0.210.